The zero-order valence-corrected chi connectivity index (χ0v) is 9.95. The van der Waals surface area contributed by atoms with Crippen LogP contribution in [0.4, 0.5) is 0 Å². The van der Waals surface area contributed by atoms with Crippen molar-refractivity contribution < 1.29 is 9.47 Å². The molecule has 0 amide bonds. The molecule has 0 spiro atoms. The first-order valence-corrected chi connectivity index (χ1v) is 6.22. The third-order valence-corrected chi connectivity index (χ3v) is 3.02. The van der Waals surface area contributed by atoms with Crippen LogP contribution in [0, 0.1) is 0 Å². The Morgan fingerprint density at radius 3 is 3.06 bits per heavy atom. The highest BCUT2D eigenvalue weighted by Gasteiger charge is 2.14. The fraction of sp³-hybridized carbons (Fsp3) is 0.571. The first-order chi connectivity index (χ1) is 7.88. The summed E-state index contributed by atoms with van der Waals surface area (Å²) in [5, 5.41) is 0. The number of benzene rings is 1. The Bertz CT molecular complexity index is 316. The van der Waals surface area contributed by atoms with Crippen LogP contribution in [0.3, 0.4) is 0 Å². The van der Waals surface area contributed by atoms with E-state index in [2.05, 4.69) is 25.1 Å². The summed E-state index contributed by atoms with van der Waals surface area (Å²) in [6.07, 6.45) is 4.94. The molecular weight excluding hydrogens is 200 g/mol. The zero-order valence-electron chi connectivity index (χ0n) is 9.95. The number of hydrogen-bond donors (Lipinski definition) is 0. The number of hydrogen-bond acceptors (Lipinski definition) is 2. The van der Waals surface area contributed by atoms with E-state index >= 15 is 0 Å². The minimum atomic E-state index is 0.291. The molecule has 0 unspecified atom stereocenters. The molecule has 1 aromatic carbocycles. The lowest BCUT2D eigenvalue weighted by molar-refractivity contribution is -0.0110. The minimum absolute atomic E-state index is 0.291. The molecule has 1 aromatic rings. The minimum Gasteiger partial charge on any atom is -0.491 e. The highest BCUT2D eigenvalue weighted by atomic mass is 16.5. The molecule has 0 bridgehead atoms. The lowest BCUT2D eigenvalue weighted by Crippen LogP contribution is -2.25. The predicted molar refractivity (Wildman–Crippen MR) is 64.9 cm³/mol. The van der Waals surface area contributed by atoms with Crippen LogP contribution in [0.25, 0.3) is 0 Å². The molecule has 2 nitrogen and oxygen atoms in total. The molecule has 88 valence electrons. The normalized spacial score (nSPS) is 20.7. The summed E-state index contributed by atoms with van der Waals surface area (Å²) >= 11 is 0. The maximum absolute atomic E-state index is 5.76. The summed E-state index contributed by atoms with van der Waals surface area (Å²) in [5.41, 5.74) is 1.32. The van der Waals surface area contributed by atoms with E-state index < -0.39 is 0 Å². The molecule has 0 N–H and O–H groups in total. The van der Waals surface area contributed by atoms with Crippen molar-refractivity contribution in [3.63, 3.8) is 0 Å². The number of aryl methyl sites for hydroxylation is 1. The summed E-state index contributed by atoms with van der Waals surface area (Å²) < 4.78 is 11.4. The zero-order chi connectivity index (χ0) is 11.2. The van der Waals surface area contributed by atoms with Gasteiger partial charge in [0.15, 0.2) is 0 Å². The molecule has 1 aliphatic rings. The summed E-state index contributed by atoms with van der Waals surface area (Å²) in [6, 6.07) is 8.31. The SMILES string of the molecule is CCc1cccc(OC[C@H]2CCCCO2)c1. The van der Waals surface area contributed by atoms with Crippen LogP contribution in [0.2, 0.25) is 0 Å². The molecule has 0 saturated carbocycles. The third kappa shape index (κ3) is 3.24. The second-order valence-corrected chi connectivity index (χ2v) is 4.30. The summed E-state index contributed by atoms with van der Waals surface area (Å²) in [4.78, 5) is 0. The fourth-order valence-corrected chi connectivity index (χ4v) is 1.98. The third-order valence-electron chi connectivity index (χ3n) is 3.02. The topological polar surface area (TPSA) is 18.5 Å². The van der Waals surface area contributed by atoms with E-state index in [0.717, 1.165) is 25.2 Å². The van der Waals surface area contributed by atoms with Crippen molar-refractivity contribution in [1.82, 2.24) is 0 Å². The smallest absolute Gasteiger partial charge is 0.119 e. The van der Waals surface area contributed by atoms with Crippen molar-refractivity contribution in [2.45, 2.75) is 38.7 Å². The Labute approximate surface area is 97.6 Å². The molecule has 1 saturated heterocycles. The van der Waals surface area contributed by atoms with Crippen molar-refractivity contribution in [2.75, 3.05) is 13.2 Å². The molecular formula is C14H20O2. The van der Waals surface area contributed by atoms with E-state index in [1.54, 1.807) is 0 Å². The van der Waals surface area contributed by atoms with E-state index in [9.17, 15) is 0 Å². The highest BCUT2D eigenvalue weighted by Crippen LogP contribution is 2.17. The molecule has 1 heterocycles. The molecule has 1 atom stereocenters. The van der Waals surface area contributed by atoms with Crippen LogP contribution >= 0.6 is 0 Å². The van der Waals surface area contributed by atoms with Gasteiger partial charge in [-0.2, -0.15) is 0 Å². The van der Waals surface area contributed by atoms with Gasteiger partial charge in [-0.25, -0.2) is 0 Å². The molecule has 0 radical (unpaired) electrons. The van der Waals surface area contributed by atoms with Gasteiger partial charge >= 0.3 is 0 Å². The molecule has 1 fully saturated rings. The maximum atomic E-state index is 5.76. The number of ether oxygens (including phenoxy) is 2. The van der Waals surface area contributed by atoms with Crippen molar-refractivity contribution in [3.05, 3.63) is 29.8 Å². The van der Waals surface area contributed by atoms with E-state index in [4.69, 9.17) is 9.47 Å². The van der Waals surface area contributed by atoms with Crippen molar-refractivity contribution in [3.8, 4) is 5.75 Å². The Balaban J connectivity index is 1.83. The van der Waals surface area contributed by atoms with Gasteiger partial charge in [-0.05, 0) is 43.4 Å². The maximum Gasteiger partial charge on any atom is 0.119 e. The molecule has 2 rings (SSSR count). The van der Waals surface area contributed by atoms with Crippen molar-refractivity contribution in [1.29, 1.82) is 0 Å². The van der Waals surface area contributed by atoms with Crippen LogP contribution < -0.4 is 4.74 Å². The molecule has 2 heteroatoms. The lowest BCUT2D eigenvalue weighted by atomic mass is 10.1. The quantitative estimate of drug-likeness (QED) is 0.775. The second-order valence-electron chi connectivity index (χ2n) is 4.30. The highest BCUT2D eigenvalue weighted by molar-refractivity contribution is 5.28. The largest absolute Gasteiger partial charge is 0.491 e. The second kappa shape index (κ2) is 5.90. The van der Waals surface area contributed by atoms with Crippen LogP contribution in [-0.2, 0) is 11.2 Å². The molecule has 0 aromatic heterocycles. The van der Waals surface area contributed by atoms with Crippen LogP contribution in [-0.4, -0.2) is 19.3 Å². The predicted octanol–water partition coefficient (Wildman–Crippen LogP) is 3.20. The van der Waals surface area contributed by atoms with Crippen molar-refractivity contribution >= 4 is 0 Å². The van der Waals surface area contributed by atoms with Crippen LogP contribution in [0.5, 0.6) is 5.75 Å². The fourth-order valence-electron chi connectivity index (χ4n) is 1.98. The first kappa shape index (κ1) is 11.5. The standard InChI is InChI=1S/C14H20O2/c1-2-12-6-5-8-13(10-12)16-11-14-7-3-4-9-15-14/h5-6,8,10,14H,2-4,7,9,11H2,1H3/t14-/m1/s1. The number of rotatable bonds is 4. The molecule has 16 heavy (non-hydrogen) atoms. The van der Waals surface area contributed by atoms with Gasteiger partial charge in [0, 0.05) is 6.61 Å². The van der Waals surface area contributed by atoms with E-state index in [1.807, 2.05) is 6.07 Å². The summed E-state index contributed by atoms with van der Waals surface area (Å²) in [7, 11) is 0. The Morgan fingerprint density at radius 1 is 1.38 bits per heavy atom. The molecule has 1 aliphatic heterocycles. The van der Waals surface area contributed by atoms with Crippen LogP contribution in [0.1, 0.15) is 31.7 Å². The van der Waals surface area contributed by atoms with Gasteiger partial charge in [-0.1, -0.05) is 19.1 Å². The van der Waals surface area contributed by atoms with Gasteiger partial charge in [-0.3, -0.25) is 0 Å². The van der Waals surface area contributed by atoms with Gasteiger partial charge in [0.25, 0.3) is 0 Å². The lowest BCUT2D eigenvalue weighted by Gasteiger charge is -2.22. The van der Waals surface area contributed by atoms with E-state index in [0.29, 0.717) is 12.7 Å². The van der Waals surface area contributed by atoms with Gasteiger partial charge in [0.2, 0.25) is 0 Å². The molecule has 0 aliphatic carbocycles. The monoisotopic (exact) mass is 220 g/mol. The van der Waals surface area contributed by atoms with E-state index in [1.165, 1.54) is 18.4 Å². The Hall–Kier alpha value is -1.02. The van der Waals surface area contributed by atoms with Gasteiger partial charge in [-0.15, -0.1) is 0 Å². The average Bonchev–Trinajstić information content (AvgIpc) is 2.38. The van der Waals surface area contributed by atoms with Crippen LogP contribution in [0.15, 0.2) is 24.3 Å². The van der Waals surface area contributed by atoms with Gasteiger partial charge < -0.3 is 9.47 Å². The first-order valence-electron chi connectivity index (χ1n) is 6.22. The Kier molecular flexibility index (Phi) is 4.23. The van der Waals surface area contributed by atoms with Gasteiger partial charge in [0.05, 0.1) is 6.10 Å². The van der Waals surface area contributed by atoms with Crippen molar-refractivity contribution in [2.24, 2.45) is 0 Å². The Morgan fingerprint density at radius 2 is 2.31 bits per heavy atom. The van der Waals surface area contributed by atoms with E-state index in [-0.39, 0.29) is 0 Å². The summed E-state index contributed by atoms with van der Waals surface area (Å²) in [6.45, 7) is 3.74. The average molecular weight is 220 g/mol. The summed E-state index contributed by atoms with van der Waals surface area (Å²) in [5.74, 6) is 0.966. The van der Waals surface area contributed by atoms with Gasteiger partial charge in [0.1, 0.15) is 12.4 Å².